The zero-order valence-electron chi connectivity index (χ0n) is 65.5. The van der Waals surface area contributed by atoms with Crippen LogP contribution in [-0.2, 0) is 6.18 Å². The van der Waals surface area contributed by atoms with Crippen molar-refractivity contribution in [2.24, 2.45) is 0 Å². The van der Waals surface area contributed by atoms with Crippen molar-refractivity contribution in [1.82, 2.24) is 80.3 Å². The van der Waals surface area contributed by atoms with E-state index < -0.39 is 70.0 Å². The van der Waals surface area contributed by atoms with Crippen LogP contribution < -0.4 is 42.5 Å². The first-order valence-corrected chi connectivity index (χ1v) is 41.4. The molecule has 0 aliphatic heterocycles. The van der Waals surface area contributed by atoms with Gasteiger partial charge < -0.3 is 42.5 Å². The molecule has 0 unspecified atom stereocenters. The highest BCUT2D eigenvalue weighted by atomic mass is 79.9. The molecule has 8 N–H and O–H groups in total. The number of aryl methyl sites for hydroxylation is 2. The Hall–Kier alpha value is -9.98. The van der Waals surface area contributed by atoms with Crippen LogP contribution >= 0.6 is 159 Å². The molecule has 44 heteroatoms. The normalized spacial score (nSPS) is 11.2. The molecular formula is C79H66Br2Cl11F3N20O8. The number of rotatable bonds is 18. The number of carbonyl (C=O) groups is 8. The van der Waals surface area contributed by atoms with E-state index in [1.807, 2.05) is 20.8 Å². The minimum Gasteiger partial charge on any atom is -0.352 e. The van der Waals surface area contributed by atoms with Gasteiger partial charge in [-0.25, -0.2) is 38.7 Å². The van der Waals surface area contributed by atoms with E-state index in [-0.39, 0.29) is 120 Å². The van der Waals surface area contributed by atoms with Gasteiger partial charge in [0.1, 0.15) is 32.0 Å². The maximum atomic E-state index is 13.4. The van der Waals surface area contributed by atoms with E-state index in [1.165, 1.54) is 99.4 Å². The maximum Gasteiger partial charge on any atom is 0.435 e. The zero-order valence-corrected chi connectivity index (χ0v) is 76.9. The number of pyridine rings is 4. The summed E-state index contributed by atoms with van der Waals surface area (Å²) in [5, 5.41) is 40.0. The summed E-state index contributed by atoms with van der Waals surface area (Å²) in [7, 11) is 0. The van der Waals surface area contributed by atoms with Crippen LogP contribution in [0.5, 0.6) is 0 Å². The van der Waals surface area contributed by atoms with E-state index in [9.17, 15) is 51.5 Å². The summed E-state index contributed by atoms with van der Waals surface area (Å²) in [5.41, 5.74) is -0.190. The number of amides is 8. The number of alkyl halides is 3. The van der Waals surface area contributed by atoms with Crippen LogP contribution in [0.25, 0.3) is 23.3 Å². The summed E-state index contributed by atoms with van der Waals surface area (Å²) < 4.78 is 45.6. The molecular weight excluding hydrogens is 1960 g/mol. The predicted octanol–water partition coefficient (Wildman–Crippen LogP) is 21.0. The number of nitrogens with one attached hydrogen (secondary N) is 8. The van der Waals surface area contributed by atoms with Crippen molar-refractivity contribution in [3.05, 3.63) is 273 Å². The monoisotopic (exact) mass is 2020 g/mol. The molecule has 8 heterocycles. The Kier molecular flexibility index (Phi) is 32.8. The summed E-state index contributed by atoms with van der Waals surface area (Å²) in [6.45, 7) is 18.6. The zero-order chi connectivity index (χ0) is 90.6. The molecule has 0 atom stereocenters. The lowest BCUT2D eigenvalue weighted by Crippen LogP contribution is -2.41. The van der Waals surface area contributed by atoms with Gasteiger partial charge in [0.25, 0.3) is 47.3 Å². The van der Waals surface area contributed by atoms with Gasteiger partial charge in [0.05, 0.1) is 75.1 Å². The molecule has 0 radical (unpaired) electrons. The molecule has 123 heavy (non-hydrogen) atoms. The second-order valence-electron chi connectivity index (χ2n) is 27.7. The molecule has 0 bridgehead atoms. The van der Waals surface area contributed by atoms with Gasteiger partial charge in [-0.05, 0) is 209 Å². The molecule has 8 aromatic heterocycles. The fourth-order valence-electron chi connectivity index (χ4n) is 11.0. The quantitative estimate of drug-likeness (QED) is 0.0396. The van der Waals surface area contributed by atoms with Gasteiger partial charge in [-0.3, -0.25) is 38.4 Å². The van der Waals surface area contributed by atoms with Gasteiger partial charge in [-0.1, -0.05) is 128 Å². The second-order valence-corrected chi connectivity index (χ2v) is 33.9. The topological polar surface area (TPSA) is 356 Å². The van der Waals surface area contributed by atoms with Crippen molar-refractivity contribution in [2.75, 3.05) is 34.4 Å². The third-order valence-corrected chi connectivity index (χ3v) is 19.6. The maximum absolute atomic E-state index is 13.4. The van der Waals surface area contributed by atoms with E-state index in [0.717, 1.165) is 0 Å². The molecule has 12 aromatic rings. The Bertz CT molecular complexity index is 5920. The predicted molar refractivity (Wildman–Crippen MR) is 478 cm³/mol. The number of carbonyl (C=O) groups excluding carboxylic acids is 8. The fraction of sp³-hybridized carbons (Fsp3) is 0.190. The second kappa shape index (κ2) is 41.7. The first-order valence-electron chi connectivity index (χ1n) is 35.7. The van der Waals surface area contributed by atoms with Gasteiger partial charge in [-0.2, -0.15) is 33.6 Å². The molecule has 642 valence electrons. The molecule has 0 aliphatic carbocycles. The molecule has 0 saturated heterocycles. The minimum absolute atomic E-state index is 0.0127. The number of halogens is 16. The van der Waals surface area contributed by atoms with Crippen molar-refractivity contribution >= 4 is 229 Å². The number of anilines is 4. The highest BCUT2D eigenvalue weighted by Crippen LogP contribution is 2.37. The molecule has 0 fully saturated rings. The molecule has 8 amide bonds. The van der Waals surface area contributed by atoms with Gasteiger partial charge in [0, 0.05) is 93.3 Å². The van der Waals surface area contributed by atoms with Crippen LogP contribution in [0.1, 0.15) is 156 Å². The van der Waals surface area contributed by atoms with Crippen molar-refractivity contribution < 1.29 is 51.5 Å². The average Bonchev–Trinajstić information content (AvgIpc) is 1.69. The van der Waals surface area contributed by atoms with Crippen LogP contribution in [0.2, 0.25) is 55.4 Å². The lowest BCUT2D eigenvalue weighted by molar-refractivity contribution is -0.141. The van der Waals surface area contributed by atoms with Gasteiger partial charge >= 0.3 is 6.18 Å². The molecule has 0 saturated carbocycles. The van der Waals surface area contributed by atoms with Gasteiger partial charge in [0.2, 0.25) is 0 Å². The SMILES string of the molecule is CCNC(=O)c1cc(Cl)cc(Cl)c1NC(=O)c1cc(Br)nn1-c1ncccc1Cl.CCNC(=O)c1cc(Cl)cc(Cl)c1NC(=O)c1cc(Cl)nn1-c1ncccc1Cl.Cc1cc(Cl)cc(C(=O)NC(C)(C)C)c1NC(=O)c1cc(Br)nn1-c1ncccc1Cl.Cc1cc(Cl)cc(C(=O)NC(C)(C)C)c1NC(=O)c1cc(C(F)(F)F)nn1-c1ncccc1Cl. The Morgan fingerprint density at radius 2 is 0.642 bits per heavy atom. The Morgan fingerprint density at radius 1 is 0.358 bits per heavy atom. The fourth-order valence-corrected chi connectivity index (χ4v) is 14.3. The molecule has 0 aliphatic rings. The largest absolute Gasteiger partial charge is 0.435 e. The first-order chi connectivity index (χ1) is 57.8. The Labute approximate surface area is 771 Å². The van der Waals surface area contributed by atoms with Crippen molar-refractivity contribution in [2.45, 2.75) is 86.5 Å². The number of aromatic nitrogens is 12. The Morgan fingerprint density at radius 3 is 0.951 bits per heavy atom. The van der Waals surface area contributed by atoms with E-state index in [2.05, 4.69) is 115 Å². The number of nitrogens with zero attached hydrogens (tertiary/aromatic N) is 12. The van der Waals surface area contributed by atoms with Crippen molar-refractivity contribution in [1.29, 1.82) is 0 Å². The number of benzene rings is 4. The summed E-state index contributed by atoms with van der Waals surface area (Å²) in [6.07, 6.45) is 1.06. The van der Waals surface area contributed by atoms with E-state index in [4.69, 9.17) is 128 Å². The van der Waals surface area contributed by atoms with Crippen LogP contribution in [0, 0.1) is 13.8 Å². The first kappa shape index (κ1) is 96.8. The molecule has 0 spiro atoms. The van der Waals surface area contributed by atoms with Crippen LogP contribution in [0.4, 0.5) is 35.9 Å². The minimum atomic E-state index is -4.82. The van der Waals surface area contributed by atoms with E-state index >= 15 is 0 Å². The smallest absolute Gasteiger partial charge is 0.352 e. The third kappa shape index (κ3) is 25.2. The highest BCUT2D eigenvalue weighted by Gasteiger charge is 2.38. The van der Waals surface area contributed by atoms with Crippen LogP contribution in [-0.4, -0.2) is 130 Å². The van der Waals surface area contributed by atoms with Gasteiger partial charge in [-0.15, -0.1) is 0 Å². The summed E-state index contributed by atoms with van der Waals surface area (Å²) >= 11 is 74.0. The van der Waals surface area contributed by atoms with Crippen molar-refractivity contribution in [3.8, 4) is 23.3 Å². The van der Waals surface area contributed by atoms with E-state index in [0.29, 0.717) is 70.7 Å². The average molecular weight is 2030 g/mol. The Balaban J connectivity index is 0.000000186. The third-order valence-electron chi connectivity index (χ3n) is 16.0. The summed E-state index contributed by atoms with van der Waals surface area (Å²) in [6, 6.07) is 29.5. The van der Waals surface area contributed by atoms with Crippen molar-refractivity contribution in [3.63, 3.8) is 0 Å². The number of hydrogen-bond acceptors (Lipinski definition) is 16. The highest BCUT2D eigenvalue weighted by molar-refractivity contribution is 9.10. The lowest BCUT2D eigenvalue weighted by Gasteiger charge is -2.22. The molecule has 28 nitrogen and oxygen atoms in total. The standard InChI is InChI=1S/C22H20Cl2F3N5O2.C21H20BrCl2N5O2.C18H13BrCl3N5O2.C18H13Cl4N5O2/c1-11-8-12(23)9-13(19(33)30-21(2,3)4)17(11)29-20(34)15-10-16(22(25,26)27)31-32(15)18-14(24)6-5-7-28-18;1-11-8-12(23)9-13(19(30)27-21(2,3)4)17(11)26-20(31)15-10-16(22)28-29(15)18-14(24)6-5-7-25-18;1-2-23-17(28)10-6-9(20)7-12(22)15(10)25-18(29)13-8-14(19)26-27(13)16-11(21)4-3-5-24-16;1-2-23-17(28)10-6-9(19)7-12(21)15(10)25-18(29)13-8-14(22)26-27(13)16-11(20)4-3-5-24-16/h5-10H,1-4H3,(H,29,34)(H,30,33);5-10H,1-4H3,(H,26,31)(H,27,30);2*3-8H,2H2,1H3,(H,23,28)(H,25,29). The molecule has 12 rings (SSSR count). The molecule has 4 aromatic carbocycles. The summed E-state index contributed by atoms with van der Waals surface area (Å²) in [4.78, 5) is 119. The van der Waals surface area contributed by atoms with E-state index in [1.54, 1.807) is 103 Å². The van der Waals surface area contributed by atoms with Crippen LogP contribution in [0.15, 0.2) is 155 Å². The lowest BCUT2D eigenvalue weighted by atomic mass is 10.0. The van der Waals surface area contributed by atoms with Crippen LogP contribution in [0.3, 0.4) is 0 Å². The van der Waals surface area contributed by atoms with Gasteiger partial charge in [0.15, 0.2) is 34.1 Å². The summed E-state index contributed by atoms with van der Waals surface area (Å²) in [5.74, 6) is -3.74. The number of hydrogen-bond donors (Lipinski definition) is 8.